The first kappa shape index (κ1) is 25.0. The standard InChI is InChI=1S/C18H37O8P/c1-3-4-5-6-7-8-9-11-22-14-17-15-24-18(2,25-17)16-23-12-10-13-27(20,21)26-19/h17,19H,3-16H2,1-2H3,(H,20,21)/p-1. The Morgan fingerprint density at radius 2 is 1.78 bits per heavy atom. The van der Waals surface area contributed by atoms with Gasteiger partial charge in [0.1, 0.15) is 12.7 Å². The smallest absolute Gasteiger partial charge is 0.319 e. The Kier molecular flexibility index (Phi) is 13.0. The molecule has 0 bridgehead atoms. The maximum Gasteiger partial charge on any atom is 0.319 e. The van der Waals surface area contributed by atoms with E-state index in [4.69, 9.17) is 23.8 Å². The molecule has 0 aromatic rings. The van der Waals surface area contributed by atoms with Gasteiger partial charge in [-0.25, -0.2) is 0 Å². The molecule has 162 valence electrons. The first-order chi connectivity index (χ1) is 12.9. The molecule has 0 aliphatic carbocycles. The second-order valence-corrected chi connectivity index (χ2v) is 9.09. The van der Waals surface area contributed by atoms with E-state index in [1.807, 2.05) is 0 Å². The van der Waals surface area contributed by atoms with Crippen LogP contribution in [0.25, 0.3) is 0 Å². The van der Waals surface area contributed by atoms with Crippen molar-refractivity contribution in [3.05, 3.63) is 0 Å². The van der Waals surface area contributed by atoms with Crippen LogP contribution in [0.1, 0.15) is 65.2 Å². The summed E-state index contributed by atoms with van der Waals surface area (Å²) >= 11 is 0. The van der Waals surface area contributed by atoms with Gasteiger partial charge in [-0.2, -0.15) is 0 Å². The van der Waals surface area contributed by atoms with Crippen molar-refractivity contribution in [2.75, 3.05) is 39.2 Å². The van der Waals surface area contributed by atoms with Gasteiger partial charge in [-0.05, 0) is 19.8 Å². The Morgan fingerprint density at radius 3 is 2.48 bits per heavy atom. The highest BCUT2D eigenvalue weighted by atomic mass is 31.2. The predicted molar refractivity (Wildman–Crippen MR) is 99.3 cm³/mol. The lowest BCUT2D eigenvalue weighted by atomic mass is 10.1. The zero-order valence-electron chi connectivity index (χ0n) is 16.7. The van der Waals surface area contributed by atoms with Crippen molar-refractivity contribution in [2.45, 2.75) is 77.1 Å². The van der Waals surface area contributed by atoms with Gasteiger partial charge in [-0.3, -0.25) is 4.57 Å². The molecule has 1 heterocycles. The fourth-order valence-corrected chi connectivity index (χ4v) is 3.49. The van der Waals surface area contributed by atoms with Gasteiger partial charge in [-0.1, -0.05) is 45.4 Å². The summed E-state index contributed by atoms with van der Waals surface area (Å²) in [6, 6.07) is 0. The van der Waals surface area contributed by atoms with Gasteiger partial charge in [0, 0.05) is 13.2 Å². The van der Waals surface area contributed by atoms with Gasteiger partial charge in [0.2, 0.25) is 0 Å². The molecule has 1 aliphatic rings. The Labute approximate surface area is 162 Å². The third-order valence-electron chi connectivity index (χ3n) is 4.40. The first-order valence-corrected chi connectivity index (χ1v) is 11.8. The van der Waals surface area contributed by atoms with Crippen molar-refractivity contribution in [1.29, 1.82) is 0 Å². The number of hydrogen-bond donors (Lipinski definition) is 1. The van der Waals surface area contributed by atoms with Crippen molar-refractivity contribution < 1.29 is 38.3 Å². The summed E-state index contributed by atoms with van der Waals surface area (Å²) < 4.78 is 36.9. The van der Waals surface area contributed by atoms with E-state index >= 15 is 0 Å². The van der Waals surface area contributed by atoms with Crippen LogP contribution in [-0.4, -0.2) is 56.0 Å². The van der Waals surface area contributed by atoms with E-state index in [0.29, 0.717) is 13.2 Å². The van der Waals surface area contributed by atoms with E-state index in [-0.39, 0.29) is 31.9 Å². The molecule has 1 fully saturated rings. The van der Waals surface area contributed by atoms with Crippen LogP contribution in [0.4, 0.5) is 0 Å². The first-order valence-electron chi connectivity index (χ1n) is 10.0. The number of ether oxygens (including phenoxy) is 4. The Balaban J connectivity index is 2.00. The summed E-state index contributed by atoms with van der Waals surface area (Å²) in [4.78, 5) is 9.01. The third kappa shape index (κ3) is 12.2. The highest BCUT2D eigenvalue weighted by Gasteiger charge is 2.37. The van der Waals surface area contributed by atoms with E-state index in [1.165, 1.54) is 38.5 Å². The van der Waals surface area contributed by atoms with E-state index in [2.05, 4.69) is 11.6 Å². The molecule has 8 nitrogen and oxygen atoms in total. The lowest BCUT2D eigenvalue weighted by molar-refractivity contribution is -0.640. The van der Waals surface area contributed by atoms with Crippen molar-refractivity contribution in [2.24, 2.45) is 0 Å². The third-order valence-corrected chi connectivity index (χ3v) is 5.51. The molecule has 0 spiro atoms. The predicted octanol–water partition coefficient (Wildman–Crippen LogP) is 2.77. The molecule has 0 radical (unpaired) electrons. The van der Waals surface area contributed by atoms with Crippen LogP contribution in [0, 0.1) is 0 Å². The van der Waals surface area contributed by atoms with Crippen LogP contribution in [0.15, 0.2) is 0 Å². The Hall–Kier alpha value is -0.0500. The number of unbranched alkanes of at least 4 members (excludes halogenated alkanes) is 6. The van der Waals surface area contributed by atoms with Crippen LogP contribution in [0.5, 0.6) is 0 Å². The Bertz CT molecular complexity index is 422. The van der Waals surface area contributed by atoms with Gasteiger partial charge < -0.3 is 33.8 Å². The molecule has 1 aliphatic heterocycles. The van der Waals surface area contributed by atoms with Gasteiger partial charge in [0.15, 0.2) is 5.79 Å². The normalized spacial score (nSPS) is 25.0. The van der Waals surface area contributed by atoms with E-state index in [9.17, 15) is 9.82 Å². The fourth-order valence-electron chi connectivity index (χ4n) is 2.88. The van der Waals surface area contributed by atoms with Crippen LogP contribution in [-0.2, 0) is 28.2 Å². The van der Waals surface area contributed by atoms with E-state index < -0.39 is 13.4 Å². The SMILES string of the molecule is CCCCCCCCCOCC1COC(C)(COCCCP(=O)(O)O[O-])O1. The second kappa shape index (κ2) is 14.0. The second-order valence-electron chi connectivity index (χ2n) is 7.22. The topological polar surface area (TPSA) is 107 Å². The van der Waals surface area contributed by atoms with Crippen LogP contribution >= 0.6 is 7.60 Å². The molecule has 1 N–H and O–H groups in total. The molecule has 1 rings (SSSR count). The Morgan fingerprint density at radius 1 is 1.11 bits per heavy atom. The summed E-state index contributed by atoms with van der Waals surface area (Å²) in [5.74, 6) is -0.842. The molecule has 0 aromatic carbocycles. The highest BCUT2D eigenvalue weighted by molar-refractivity contribution is 7.52. The molecule has 9 heteroatoms. The highest BCUT2D eigenvalue weighted by Crippen LogP contribution is 2.39. The molecule has 1 saturated heterocycles. The monoisotopic (exact) mass is 411 g/mol. The lowest BCUT2D eigenvalue weighted by Crippen LogP contribution is -2.33. The van der Waals surface area contributed by atoms with E-state index in [1.54, 1.807) is 6.92 Å². The van der Waals surface area contributed by atoms with Crippen molar-refractivity contribution >= 4 is 7.60 Å². The van der Waals surface area contributed by atoms with E-state index in [0.717, 1.165) is 13.0 Å². The molecule has 0 aromatic heterocycles. The number of rotatable bonds is 17. The van der Waals surface area contributed by atoms with Crippen molar-refractivity contribution in [3.8, 4) is 0 Å². The maximum absolute atomic E-state index is 11.0. The van der Waals surface area contributed by atoms with Crippen LogP contribution < -0.4 is 5.26 Å². The van der Waals surface area contributed by atoms with Crippen molar-refractivity contribution in [3.63, 3.8) is 0 Å². The number of hydrogen-bond acceptors (Lipinski definition) is 7. The molecule has 0 amide bonds. The van der Waals surface area contributed by atoms with Gasteiger partial charge in [0.25, 0.3) is 0 Å². The molecule has 27 heavy (non-hydrogen) atoms. The van der Waals surface area contributed by atoms with Gasteiger partial charge in [0.05, 0.1) is 19.4 Å². The molecular formula is C18H36O8P-. The molecule has 3 atom stereocenters. The maximum atomic E-state index is 11.0. The summed E-state index contributed by atoms with van der Waals surface area (Å²) in [6.45, 7) is 6.13. The van der Waals surface area contributed by atoms with Crippen LogP contribution in [0.2, 0.25) is 0 Å². The summed E-state index contributed by atoms with van der Waals surface area (Å²) in [5, 5.41) is 10.0. The zero-order valence-corrected chi connectivity index (χ0v) is 17.6. The molecular weight excluding hydrogens is 375 g/mol. The quantitative estimate of drug-likeness (QED) is 0.169. The van der Waals surface area contributed by atoms with Crippen LogP contribution in [0.3, 0.4) is 0 Å². The van der Waals surface area contributed by atoms with Gasteiger partial charge >= 0.3 is 7.60 Å². The fraction of sp³-hybridized carbons (Fsp3) is 1.00. The lowest BCUT2D eigenvalue weighted by Gasteiger charge is -2.23. The minimum Gasteiger partial charge on any atom is -0.716 e. The average Bonchev–Trinajstić information content (AvgIpc) is 3.01. The minimum absolute atomic E-state index is 0.116. The summed E-state index contributed by atoms with van der Waals surface area (Å²) in [5.41, 5.74) is 0. The average molecular weight is 411 g/mol. The van der Waals surface area contributed by atoms with Crippen molar-refractivity contribution in [1.82, 2.24) is 0 Å². The summed E-state index contributed by atoms with van der Waals surface area (Å²) in [7, 11) is -4.01. The summed E-state index contributed by atoms with van der Waals surface area (Å²) in [6.07, 6.45) is 8.69. The zero-order chi connectivity index (χ0) is 20.0. The molecule has 3 unspecified atom stereocenters. The largest absolute Gasteiger partial charge is 0.716 e. The van der Waals surface area contributed by atoms with Gasteiger partial charge in [-0.15, -0.1) is 0 Å². The molecule has 0 saturated carbocycles. The minimum atomic E-state index is -4.01.